The van der Waals surface area contributed by atoms with E-state index in [1.807, 2.05) is 0 Å². The van der Waals surface area contributed by atoms with Crippen molar-refractivity contribution in [1.82, 2.24) is 9.80 Å². The quantitative estimate of drug-likeness (QED) is 0.863. The monoisotopic (exact) mass is 287 g/mol. The lowest BCUT2D eigenvalue weighted by atomic mass is 9.97. The summed E-state index contributed by atoms with van der Waals surface area (Å²) in [4.78, 5) is 5.30. The summed E-state index contributed by atoms with van der Waals surface area (Å²) in [6.07, 6.45) is 6.45. The molecule has 1 fully saturated rings. The summed E-state index contributed by atoms with van der Waals surface area (Å²) < 4.78 is 0. The molecule has 1 atom stereocenters. The highest BCUT2D eigenvalue weighted by Crippen LogP contribution is 2.33. The molecule has 0 saturated carbocycles. The number of hydrogen-bond donors (Lipinski definition) is 1. The van der Waals surface area contributed by atoms with Crippen LogP contribution in [0.4, 0.5) is 0 Å². The Morgan fingerprint density at radius 2 is 1.86 bits per heavy atom. The molecule has 0 radical (unpaired) electrons. The fourth-order valence-corrected chi connectivity index (χ4v) is 3.89. The van der Waals surface area contributed by atoms with Gasteiger partial charge in [0.25, 0.3) is 0 Å². The topological polar surface area (TPSA) is 32.5 Å². The predicted octanol–water partition coefficient (Wildman–Crippen LogP) is 2.42. The second kappa shape index (κ2) is 7.39. The Kier molecular flexibility index (Phi) is 5.28. The minimum atomic E-state index is 0.653. The van der Waals surface area contributed by atoms with Crippen LogP contribution in [0, 0.1) is 0 Å². The van der Waals surface area contributed by atoms with Gasteiger partial charge < -0.3 is 10.6 Å². The number of benzene rings is 1. The number of nitrogens with two attached hydrogens (primary N) is 1. The Bertz CT molecular complexity index is 438. The maximum atomic E-state index is 5.62. The van der Waals surface area contributed by atoms with Crippen LogP contribution < -0.4 is 5.73 Å². The van der Waals surface area contributed by atoms with Crippen LogP contribution >= 0.6 is 0 Å². The van der Waals surface area contributed by atoms with E-state index in [9.17, 15) is 0 Å². The molecular weight excluding hydrogens is 258 g/mol. The van der Waals surface area contributed by atoms with Gasteiger partial charge in [-0.1, -0.05) is 30.7 Å². The molecule has 1 aromatic rings. The Hall–Kier alpha value is -0.900. The van der Waals surface area contributed by atoms with Gasteiger partial charge in [-0.25, -0.2) is 0 Å². The lowest BCUT2D eigenvalue weighted by molar-refractivity contribution is 0.0912. The first kappa shape index (κ1) is 15.0. The molecule has 0 spiro atoms. The molecule has 3 rings (SSSR count). The zero-order chi connectivity index (χ0) is 14.5. The van der Waals surface area contributed by atoms with Crippen molar-refractivity contribution in [2.24, 2.45) is 5.73 Å². The van der Waals surface area contributed by atoms with Crippen LogP contribution in [0.2, 0.25) is 0 Å². The zero-order valence-electron chi connectivity index (χ0n) is 13.1. The van der Waals surface area contributed by atoms with E-state index in [2.05, 4.69) is 34.1 Å². The van der Waals surface area contributed by atoms with Crippen LogP contribution in [0.15, 0.2) is 24.3 Å². The van der Waals surface area contributed by atoms with E-state index in [4.69, 9.17) is 5.73 Å². The van der Waals surface area contributed by atoms with Gasteiger partial charge in [-0.3, -0.25) is 4.90 Å². The van der Waals surface area contributed by atoms with Crippen LogP contribution in [0.1, 0.15) is 42.9 Å². The molecule has 1 aliphatic heterocycles. The van der Waals surface area contributed by atoms with E-state index in [0.29, 0.717) is 6.04 Å². The maximum Gasteiger partial charge on any atom is 0.0351 e. The summed E-state index contributed by atoms with van der Waals surface area (Å²) in [5.74, 6) is 0. The van der Waals surface area contributed by atoms with Crippen molar-refractivity contribution in [1.29, 1.82) is 0 Å². The Morgan fingerprint density at radius 1 is 1.05 bits per heavy atom. The summed E-state index contributed by atoms with van der Waals surface area (Å²) in [6, 6.07) is 9.78. The van der Waals surface area contributed by atoms with Gasteiger partial charge in [-0.05, 0) is 49.9 Å². The smallest absolute Gasteiger partial charge is 0.0351 e. The number of hydrogen-bond acceptors (Lipinski definition) is 3. The third-order valence-electron chi connectivity index (χ3n) is 5.11. The fourth-order valence-electron chi connectivity index (χ4n) is 3.89. The van der Waals surface area contributed by atoms with E-state index in [0.717, 1.165) is 13.0 Å². The molecule has 1 aliphatic carbocycles. The average molecular weight is 287 g/mol. The molecule has 3 heteroatoms. The van der Waals surface area contributed by atoms with E-state index >= 15 is 0 Å². The summed E-state index contributed by atoms with van der Waals surface area (Å²) in [7, 11) is 0. The summed E-state index contributed by atoms with van der Waals surface area (Å²) in [5, 5.41) is 0. The molecule has 0 aromatic heterocycles. The third kappa shape index (κ3) is 3.65. The molecule has 21 heavy (non-hydrogen) atoms. The summed E-state index contributed by atoms with van der Waals surface area (Å²) >= 11 is 0. The van der Waals surface area contributed by atoms with Crippen molar-refractivity contribution < 1.29 is 0 Å². The summed E-state index contributed by atoms with van der Waals surface area (Å²) in [6.45, 7) is 6.83. The molecule has 0 bridgehead atoms. The van der Waals surface area contributed by atoms with Crippen LogP contribution in [0.3, 0.4) is 0 Å². The van der Waals surface area contributed by atoms with Gasteiger partial charge in [0.15, 0.2) is 0 Å². The minimum Gasteiger partial charge on any atom is -0.330 e. The lowest BCUT2D eigenvalue weighted by Crippen LogP contribution is -2.48. The Balaban J connectivity index is 1.65. The van der Waals surface area contributed by atoms with Gasteiger partial charge in [0, 0.05) is 32.2 Å². The fraction of sp³-hybridized carbons (Fsp3) is 0.667. The first-order valence-corrected chi connectivity index (χ1v) is 8.63. The highest BCUT2D eigenvalue weighted by molar-refractivity contribution is 5.31. The predicted molar refractivity (Wildman–Crippen MR) is 88.4 cm³/mol. The van der Waals surface area contributed by atoms with Crippen LogP contribution in [0.25, 0.3) is 0 Å². The van der Waals surface area contributed by atoms with Crippen LogP contribution in [0.5, 0.6) is 0 Å². The van der Waals surface area contributed by atoms with E-state index < -0.39 is 0 Å². The van der Waals surface area contributed by atoms with Crippen LogP contribution in [-0.2, 0) is 6.42 Å². The number of piperazine rings is 1. The second-order valence-corrected chi connectivity index (χ2v) is 6.48. The van der Waals surface area contributed by atoms with Gasteiger partial charge in [-0.15, -0.1) is 0 Å². The van der Waals surface area contributed by atoms with E-state index in [1.165, 1.54) is 58.4 Å². The molecule has 2 aliphatic rings. The lowest BCUT2D eigenvalue weighted by Gasteiger charge is -2.39. The number of aryl methyl sites for hydroxylation is 1. The van der Waals surface area contributed by atoms with Gasteiger partial charge in [-0.2, -0.15) is 0 Å². The number of fused-ring (bicyclic) bond motifs is 1. The van der Waals surface area contributed by atoms with Gasteiger partial charge in [0.2, 0.25) is 0 Å². The molecule has 1 heterocycles. The molecule has 1 aromatic carbocycles. The number of rotatable bonds is 4. The van der Waals surface area contributed by atoms with Crippen LogP contribution in [-0.4, -0.2) is 49.1 Å². The van der Waals surface area contributed by atoms with Crippen molar-refractivity contribution in [3.63, 3.8) is 0 Å². The molecule has 0 amide bonds. The highest BCUT2D eigenvalue weighted by atomic mass is 15.3. The Morgan fingerprint density at radius 3 is 2.67 bits per heavy atom. The number of nitrogens with zero attached hydrogens (tertiary/aromatic N) is 2. The first-order chi connectivity index (χ1) is 10.4. The zero-order valence-corrected chi connectivity index (χ0v) is 13.1. The standard InChI is InChI=1S/C18H29N3/c19-10-5-11-20-12-14-21(15-13-20)18-9-4-2-7-16-6-1-3-8-17(16)18/h1,3,6,8,18H,2,4-5,7,9-15,19H2/t18-/m0/s1. The first-order valence-electron chi connectivity index (χ1n) is 8.63. The normalized spacial score (nSPS) is 24.5. The molecular formula is C18H29N3. The largest absolute Gasteiger partial charge is 0.330 e. The van der Waals surface area contributed by atoms with Gasteiger partial charge in [0.1, 0.15) is 0 Å². The summed E-state index contributed by atoms with van der Waals surface area (Å²) in [5.41, 5.74) is 8.81. The molecule has 0 unspecified atom stereocenters. The van der Waals surface area contributed by atoms with Crippen molar-refractivity contribution >= 4 is 0 Å². The molecule has 2 N–H and O–H groups in total. The van der Waals surface area contributed by atoms with Crippen molar-refractivity contribution in [2.75, 3.05) is 39.3 Å². The van der Waals surface area contributed by atoms with E-state index in [-0.39, 0.29) is 0 Å². The highest BCUT2D eigenvalue weighted by Gasteiger charge is 2.27. The second-order valence-electron chi connectivity index (χ2n) is 6.48. The van der Waals surface area contributed by atoms with Gasteiger partial charge in [0.05, 0.1) is 0 Å². The van der Waals surface area contributed by atoms with Crippen molar-refractivity contribution in [3.05, 3.63) is 35.4 Å². The Labute approximate surface area is 129 Å². The minimum absolute atomic E-state index is 0.653. The van der Waals surface area contributed by atoms with E-state index in [1.54, 1.807) is 11.1 Å². The SMILES string of the molecule is NCCCN1CCN([C@H]2CCCCc3ccccc32)CC1. The van der Waals surface area contributed by atoms with Gasteiger partial charge >= 0.3 is 0 Å². The third-order valence-corrected chi connectivity index (χ3v) is 5.11. The van der Waals surface area contributed by atoms with Crippen molar-refractivity contribution in [3.8, 4) is 0 Å². The average Bonchev–Trinajstić information content (AvgIpc) is 2.76. The van der Waals surface area contributed by atoms with Crippen molar-refractivity contribution in [2.45, 2.75) is 38.1 Å². The molecule has 116 valence electrons. The maximum absolute atomic E-state index is 5.62. The molecule has 1 saturated heterocycles. The molecule has 3 nitrogen and oxygen atoms in total.